The Labute approximate surface area is 105 Å². The minimum atomic E-state index is 0.203. The van der Waals surface area contributed by atoms with Crippen molar-refractivity contribution in [3.8, 4) is 0 Å². The van der Waals surface area contributed by atoms with Crippen molar-refractivity contribution >= 4 is 0 Å². The molecule has 0 heterocycles. The molecule has 0 amide bonds. The lowest BCUT2D eigenvalue weighted by Gasteiger charge is -2.24. The minimum absolute atomic E-state index is 0.203. The number of ether oxygens (including phenoxy) is 3. The number of rotatable bonds is 11. The number of methoxy groups -OCH3 is 1. The van der Waals surface area contributed by atoms with E-state index in [1.807, 2.05) is 0 Å². The Hall–Kier alpha value is -0.160. The molecule has 1 aliphatic carbocycles. The molecule has 0 saturated heterocycles. The van der Waals surface area contributed by atoms with E-state index < -0.39 is 0 Å². The normalized spacial score (nSPS) is 16.4. The molecule has 4 heteroatoms. The molecule has 0 bridgehead atoms. The summed E-state index contributed by atoms with van der Waals surface area (Å²) in [6, 6.07) is 0.770. The van der Waals surface area contributed by atoms with Gasteiger partial charge in [0.2, 0.25) is 0 Å². The molecule has 0 aromatic heterocycles. The topological polar surface area (TPSA) is 39.7 Å². The predicted molar refractivity (Wildman–Crippen MR) is 68.3 cm³/mol. The van der Waals surface area contributed by atoms with Gasteiger partial charge in [-0.1, -0.05) is 13.8 Å². The maximum atomic E-state index is 5.63. The van der Waals surface area contributed by atoms with Gasteiger partial charge in [-0.15, -0.1) is 0 Å². The second kappa shape index (κ2) is 8.03. The van der Waals surface area contributed by atoms with Crippen molar-refractivity contribution in [2.45, 2.75) is 32.7 Å². The van der Waals surface area contributed by atoms with E-state index in [9.17, 15) is 0 Å². The first-order chi connectivity index (χ1) is 8.14. The molecule has 0 spiro atoms. The fourth-order valence-corrected chi connectivity index (χ4v) is 1.47. The lowest BCUT2D eigenvalue weighted by molar-refractivity contribution is 0.00247. The highest BCUT2D eigenvalue weighted by Gasteiger charge is 2.25. The van der Waals surface area contributed by atoms with Gasteiger partial charge in [-0.05, 0) is 12.8 Å². The summed E-state index contributed by atoms with van der Waals surface area (Å²) in [5.74, 6) is 0. The van der Waals surface area contributed by atoms with Crippen molar-refractivity contribution in [3.63, 3.8) is 0 Å². The Morgan fingerprint density at radius 2 is 1.71 bits per heavy atom. The van der Waals surface area contributed by atoms with Crippen LogP contribution in [0.2, 0.25) is 0 Å². The standard InChI is InChI=1S/C13H27NO3/c1-13(2,10-14-12-4-5-12)11-17-9-8-16-7-6-15-3/h12,14H,4-11H2,1-3H3. The van der Waals surface area contributed by atoms with Gasteiger partial charge in [0.25, 0.3) is 0 Å². The molecule has 1 N–H and O–H groups in total. The molecular formula is C13H27NO3. The smallest absolute Gasteiger partial charge is 0.0701 e. The highest BCUT2D eigenvalue weighted by atomic mass is 16.5. The quantitative estimate of drug-likeness (QED) is 0.559. The summed E-state index contributed by atoms with van der Waals surface area (Å²) in [6.07, 6.45) is 2.68. The van der Waals surface area contributed by atoms with E-state index in [-0.39, 0.29) is 5.41 Å². The van der Waals surface area contributed by atoms with Gasteiger partial charge in [-0.25, -0.2) is 0 Å². The summed E-state index contributed by atoms with van der Waals surface area (Å²) < 4.78 is 15.8. The van der Waals surface area contributed by atoms with Crippen LogP contribution in [0.5, 0.6) is 0 Å². The van der Waals surface area contributed by atoms with E-state index in [0.29, 0.717) is 26.4 Å². The van der Waals surface area contributed by atoms with E-state index in [1.54, 1.807) is 7.11 Å². The Kier molecular flexibility index (Phi) is 7.04. The first-order valence-electron chi connectivity index (χ1n) is 6.52. The van der Waals surface area contributed by atoms with Crippen molar-refractivity contribution in [1.82, 2.24) is 5.32 Å². The molecule has 0 aromatic carbocycles. The van der Waals surface area contributed by atoms with E-state index >= 15 is 0 Å². The van der Waals surface area contributed by atoms with E-state index in [2.05, 4.69) is 19.2 Å². The second-order valence-corrected chi connectivity index (χ2v) is 5.48. The minimum Gasteiger partial charge on any atom is -0.382 e. The molecule has 1 rings (SSSR count). The van der Waals surface area contributed by atoms with Crippen LogP contribution in [0.3, 0.4) is 0 Å². The number of hydrogen-bond donors (Lipinski definition) is 1. The summed E-state index contributed by atoms with van der Waals surface area (Å²) in [5, 5.41) is 3.54. The zero-order chi connectivity index (χ0) is 12.6. The lowest BCUT2D eigenvalue weighted by atomic mass is 9.95. The SMILES string of the molecule is COCCOCCOCC(C)(C)CNC1CC1. The third-order valence-electron chi connectivity index (χ3n) is 2.74. The third kappa shape index (κ3) is 8.55. The van der Waals surface area contributed by atoms with Crippen LogP contribution in [-0.2, 0) is 14.2 Å². The lowest BCUT2D eigenvalue weighted by Crippen LogP contribution is -2.34. The average molecular weight is 245 g/mol. The first-order valence-corrected chi connectivity index (χ1v) is 6.52. The third-order valence-corrected chi connectivity index (χ3v) is 2.74. The average Bonchev–Trinajstić information content (AvgIpc) is 3.09. The summed E-state index contributed by atoms with van der Waals surface area (Å²) in [7, 11) is 1.68. The van der Waals surface area contributed by atoms with Crippen LogP contribution in [-0.4, -0.2) is 52.7 Å². The van der Waals surface area contributed by atoms with Crippen molar-refractivity contribution in [2.75, 3.05) is 46.7 Å². The van der Waals surface area contributed by atoms with Crippen LogP contribution in [0.1, 0.15) is 26.7 Å². The van der Waals surface area contributed by atoms with Gasteiger partial charge < -0.3 is 19.5 Å². The number of hydrogen-bond acceptors (Lipinski definition) is 4. The Morgan fingerprint density at radius 1 is 1.06 bits per heavy atom. The van der Waals surface area contributed by atoms with Gasteiger partial charge in [0.05, 0.1) is 33.0 Å². The van der Waals surface area contributed by atoms with Crippen LogP contribution in [0.15, 0.2) is 0 Å². The van der Waals surface area contributed by atoms with Crippen molar-refractivity contribution in [1.29, 1.82) is 0 Å². The molecule has 0 aromatic rings. The summed E-state index contributed by atoms with van der Waals surface area (Å²) in [5.41, 5.74) is 0.203. The van der Waals surface area contributed by atoms with Gasteiger partial charge in [0, 0.05) is 25.1 Å². The monoisotopic (exact) mass is 245 g/mol. The van der Waals surface area contributed by atoms with Gasteiger partial charge >= 0.3 is 0 Å². The van der Waals surface area contributed by atoms with Crippen LogP contribution in [0, 0.1) is 5.41 Å². The fraction of sp³-hybridized carbons (Fsp3) is 1.00. The van der Waals surface area contributed by atoms with Gasteiger partial charge in [-0.3, -0.25) is 0 Å². The maximum Gasteiger partial charge on any atom is 0.0701 e. The number of nitrogens with one attached hydrogen (secondary N) is 1. The molecule has 4 nitrogen and oxygen atoms in total. The van der Waals surface area contributed by atoms with E-state index in [0.717, 1.165) is 19.2 Å². The first kappa shape index (κ1) is 14.9. The predicted octanol–water partition coefficient (Wildman–Crippen LogP) is 1.44. The second-order valence-electron chi connectivity index (χ2n) is 5.48. The Balaban J connectivity index is 1.88. The Morgan fingerprint density at radius 3 is 2.35 bits per heavy atom. The largest absolute Gasteiger partial charge is 0.382 e. The zero-order valence-electron chi connectivity index (χ0n) is 11.5. The fourth-order valence-electron chi connectivity index (χ4n) is 1.47. The van der Waals surface area contributed by atoms with E-state index in [4.69, 9.17) is 14.2 Å². The van der Waals surface area contributed by atoms with Crippen molar-refractivity contribution in [2.24, 2.45) is 5.41 Å². The van der Waals surface area contributed by atoms with Crippen LogP contribution in [0.4, 0.5) is 0 Å². The van der Waals surface area contributed by atoms with Crippen LogP contribution in [0.25, 0.3) is 0 Å². The van der Waals surface area contributed by atoms with Gasteiger partial charge in [0.1, 0.15) is 0 Å². The summed E-state index contributed by atoms with van der Waals surface area (Å²) in [4.78, 5) is 0. The molecule has 0 radical (unpaired) electrons. The maximum absolute atomic E-state index is 5.63. The van der Waals surface area contributed by atoms with E-state index in [1.165, 1.54) is 12.8 Å². The van der Waals surface area contributed by atoms with Gasteiger partial charge in [-0.2, -0.15) is 0 Å². The van der Waals surface area contributed by atoms with Crippen LogP contribution < -0.4 is 5.32 Å². The molecule has 1 fully saturated rings. The van der Waals surface area contributed by atoms with Crippen molar-refractivity contribution in [3.05, 3.63) is 0 Å². The summed E-state index contributed by atoms with van der Waals surface area (Å²) in [6.45, 7) is 8.88. The Bertz CT molecular complexity index is 193. The molecule has 0 atom stereocenters. The van der Waals surface area contributed by atoms with Crippen LogP contribution >= 0.6 is 0 Å². The zero-order valence-corrected chi connectivity index (χ0v) is 11.5. The van der Waals surface area contributed by atoms with Gasteiger partial charge in [0.15, 0.2) is 0 Å². The molecular weight excluding hydrogens is 218 g/mol. The molecule has 17 heavy (non-hydrogen) atoms. The molecule has 0 aliphatic heterocycles. The highest BCUT2D eigenvalue weighted by Crippen LogP contribution is 2.21. The molecule has 1 saturated carbocycles. The molecule has 0 unspecified atom stereocenters. The highest BCUT2D eigenvalue weighted by molar-refractivity contribution is 4.83. The molecule has 1 aliphatic rings. The molecule has 102 valence electrons. The van der Waals surface area contributed by atoms with Crippen molar-refractivity contribution < 1.29 is 14.2 Å². The summed E-state index contributed by atoms with van der Waals surface area (Å²) >= 11 is 0.